The van der Waals surface area contributed by atoms with Crippen LogP contribution in [0.4, 0.5) is 13.2 Å². The van der Waals surface area contributed by atoms with E-state index >= 15 is 0 Å². The Kier molecular flexibility index (Phi) is 4.80. The molecular weight excluding hydrogens is 377 g/mol. The molecule has 148 valence electrons. The molecule has 0 aliphatic carbocycles. The first-order chi connectivity index (χ1) is 13.1. The van der Waals surface area contributed by atoms with E-state index in [0.717, 1.165) is 0 Å². The summed E-state index contributed by atoms with van der Waals surface area (Å²) in [6.45, 7) is 1.50. The van der Waals surface area contributed by atoms with Crippen LogP contribution in [0.25, 0.3) is 0 Å². The maximum absolute atomic E-state index is 13.7. The average molecular weight is 394 g/mol. The van der Waals surface area contributed by atoms with Crippen LogP contribution in [-0.2, 0) is 0 Å². The van der Waals surface area contributed by atoms with Gasteiger partial charge in [-0.1, -0.05) is 24.3 Å². The minimum Gasteiger partial charge on any atom is -0.507 e. The van der Waals surface area contributed by atoms with E-state index in [4.69, 9.17) is 4.74 Å². The van der Waals surface area contributed by atoms with E-state index in [1.54, 1.807) is 12.1 Å². The zero-order chi connectivity index (χ0) is 20.7. The number of hydrogen-bond donors (Lipinski definition) is 2. The Hall–Kier alpha value is -3.07. The largest absolute Gasteiger partial charge is 0.507 e. The Bertz CT molecular complexity index is 958. The van der Waals surface area contributed by atoms with Crippen molar-refractivity contribution in [3.8, 4) is 11.5 Å². The molecule has 1 heterocycles. The molecule has 2 N–H and O–H groups in total. The molecule has 28 heavy (non-hydrogen) atoms. The van der Waals surface area contributed by atoms with Crippen LogP contribution in [0.1, 0.15) is 27.9 Å². The third kappa shape index (κ3) is 3.18. The fraction of sp³-hybridized carbons (Fsp3) is 0.263. The molecule has 1 unspecified atom stereocenters. The van der Waals surface area contributed by atoms with Gasteiger partial charge in [0.2, 0.25) is 0 Å². The van der Waals surface area contributed by atoms with Gasteiger partial charge in [-0.2, -0.15) is 23.3 Å². The number of nitrogens with zero attached hydrogens (tertiary/aromatic N) is 2. The van der Waals surface area contributed by atoms with Gasteiger partial charge >= 0.3 is 6.18 Å². The summed E-state index contributed by atoms with van der Waals surface area (Å²) < 4.78 is 46.1. The van der Waals surface area contributed by atoms with Gasteiger partial charge in [0.15, 0.2) is 0 Å². The van der Waals surface area contributed by atoms with Gasteiger partial charge in [0.05, 0.1) is 24.8 Å². The summed E-state index contributed by atoms with van der Waals surface area (Å²) in [6.07, 6.45) is -6.13. The van der Waals surface area contributed by atoms with Crippen LogP contribution >= 0.6 is 0 Å². The highest BCUT2D eigenvalue weighted by Crippen LogP contribution is 2.42. The Balaban J connectivity index is 2.10. The van der Waals surface area contributed by atoms with Crippen LogP contribution < -0.4 is 4.74 Å². The molecule has 0 saturated carbocycles. The minimum absolute atomic E-state index is 0.0176. The van der Waals surface area contributed by atoms with E-state index in [9.17, 15) is 28.2 Å². The van der Waals surface area contributed by atoms with Gasteiger partial charge in [-0.05, 0) is 30.7 Å². The van der Waals surface area contributed by atoms with Crippen molar-refractivity contribution in [3.05, 3.63) is 59.2 Å². The summed E-state index contributed by atoms with van der Waals surface area (Å²) in [5, 5.41) is 24.2. The molecule has 2 aromatic carbocycles. The number of carbonyl (C=O) groups is 1. The first-order valence-corrected chi connectivity index (χ1v) is 8.22. The van der Waals surface area contributed by atoms with Gasteiger partial charge in [0.1, 0.15) is 11.5 Å². The number of carbonyl (C=O) groups excluding carboxylic acids is 1. The van der Waals surface area contributed by atoms with Crippen LogP contribution in [0.15, 0.2) is 47.6 Å². The standard InChI is InChI=1S/C19H17F3N2O4/c1-11-5-3-8-14(16(11)25)17(26)24-18(27,19(20,21)22)10-15(23-24)12-6-4-7-13(9-12)28-2/h3-9,25,27H,10H2,1-2H3. The molecule has 0 fully saturated rings. The van der Waals surface area contributed by atoms with Crippen molar-refractivity contribution < 1.29 is 32.9 Å². The quantitative estimate of drug-likeness (QED) is 0.838. The summed E-state index contributed by atoms with van der Waals surface area (Å²) in [4.78, 5) is 12.8. The van der Waals surface area contributed by atoms with Crippen LogP contribution in [0.5, 0.6) is 11.5 Å². The van der Waals surface area contributed by atoms with E-state index in [1.807, 2.05) is 0 Å². The molecule has 1 atom stereocenters. The van der Waals surface area contributed by atoms with Crippen molar-refractivity contribution in [1.29, 1.82) is 0 Å². The van der Waals surface area contributed by atoms with E-state index < -0.39 is 35.5 Å². The number of para-hydroxylation sites is 1. The summed E-state index contributed by atoms with van der Waals surface area (Å²) >= 11 is 0. The van der Waals surface area contributed by atoms with Crippen molar-refractivity contribution >= 4 is 11.6 Å². The zero-order valence-electron chi connectivity index (χ0n) is 15.0. The Labute approximate surface area is 158 Å². The number of benzene rings is 2. The molecule has 1 amide bonds. The molecule has 1 aliphatic rings. The van der Waals surface area contributed by atoms with Crippen molar-refractivity contribution in [2.45, 2.75) is 25.2 Å². The van der Waals surface area contributed by atoms with Gasteiger partial charge in [0, 0.05) is 5.56 Å². The second kappa shape index (κ2) is 6.83. The maximum atomic E-state index is 13.7. The topological polar surface area (TPSA) is 82.4 Å². The number of phenolic OH excluding ortho intramolecular Hbond substituents is 1. The SMILES string of the molecule is COc1cccc(C2=NN(C(=O)c3cccc(C)c3O)C(O)(C(F)(F)F)C2)c1. The van der Waals surface area contributed by atoms with Gasteiger partial charge in [0.25, 0.3) is 11.6 Å². The van der Waals surface area contributed by atoms with Crippen LogP contribution in [0, 0.1) is 6.92 Å². The number of phenols is 1. The summed E-state index contributed by atoms with van der Waals surface area (Å²) in [5.41, 5.74) is -3.50. The molecule has 1 aliphatic heterocycles. The summed E-state index contributed by atoms with van der Waals surface area (Å²) in [5.74, 6) is -1.35. The van der Waals surface area contributed by atoms with E-state index in [2.05, 4.69) is 5.10 Å². The molecule has 0 aromatic heterocycles. The van der Waals surface area contributed by atoms with Crippen molar-refractivity contribution in [2.24, 2.45) is 5.10 Å². The molecular formula is C19H17F3N2O4. The number of rotatable bonds is 3. The van der Waals surface area contributed by atoms with Gasteiger partial charge < -0.3 is 14.9 Å². The molecule has 2 aromatic rings. The predicted octanol–water partition coefficient (Wildman–Crippen LogP) is 3.21. The number of ether oxygens (including phenoxy) is 1. The number of halogens is 3. The first-order valence-electron chi connectivity index (χ1n) is 8.22. The smallest absolute Gasteiger partial charge is 0.438 e. The lowest BCUT2D eigenvalue weighted by molar-refractivity contribution is -0.297. The number of hydrazone groups is 1. The fourth-order valence-electron chi connectivity index (χ4n) is 2.89. The molecule has 0 saturated heterocycles. The van der Waals surface area contributed by atoms with Gasteiger partial charge in [-0.25, -0.2) is 0 Å². The van der Waals surface area contributed by atoms with Crippen LogP contribution in [-0.4, -0.2) is 45.9 Å². The number of amides is 1. The molecule has 9 heteroatoms. The lowest BCUT2D eigenvalue weighted by Gasteiger charge is -2.32. The first kappa shape index (κ1) is 19.7. The van der Waals surface area contributed by atoms with Crippen molar-refractivity contribution in [1.82, 2.24) is 5.01 Å². The number of aryl methyl sites for hydroxylation is 1. The Morgan fingerprint density at radius 2 is 1.93 bits per heavy atom. The molecule has 3 rings (SSSR count). The second-order valence-corrected chi connectivity index (χ2v) is 6.36. The number of aromatic hydroxyl groups is 1. The summed E-state index contributed by atoms with van der Waals surface area (Å²) in [6, 6.07) is 10.2. The average Bonchev–Trinajstić information content (AvgIpc) is 3.02. The zero-order valence-corrected chi connectivity index (χ0v) is 15.0. The lowest BCUT2D eigenvalue weighted by atomic mass is 10.00. The number of alkyl halides is 3. The minimum atomic E-state index is -5.17. The highest BCUT2D eigenvalue weighted by Gasteiger charge is 2.63. The van der Waals surface area contributed by atoms with Gasteiger partial charge in [-0.3, -0.25) is 4.79 Å². The lowest BCUT2D eigenvalue weighted by Crippen LogP contribution is -2.56. The highest BCUT2D eigenvalue weighted by atomic mass is 19.4. The molecule has 6 nitrogen and oxygen atoms in total. The number of aliphatic hydroxyl groups is 1. The molecule has 0 bridgehead atoms. The van der Waals surface area contributed by atoms with Crippen LogP contribution in [0.2, 0.25) is 0 Å². The van der Waals surface area contributed by atoms with E-state index in [1.165, 1.54) is 44.4 Å². The van der Waals surface area contributed by atoms with Crippen LogP contribution in [0.3, 0.4) is 0 Å². The van der Waals surface area contributed by atoms with Crippen molar-refractivity contribution in [3.63, 3.8) is 0 Å². The number of methoxy groups -OCH3 is 1. The normalized spacial score (nSPS) is 19.5. The monoisotopic (exact) mass is 394 g/mol. The third-order valence-electron chi connectivity index (χ3n) is 4.50. The fourth-order valence-corrected chi connectivity index (χ4v) is 2.89. The maximum Gasteiger partial charge on any atom is 0.438 e. The van der Waals surface area contributed by atoms with Crippen molar-refractivity contribution in [2.75, 3.05) is 7.11 Å². The molecule has 0 radical (unpaired) electrons. The van der Waals surface area contributed by atoms with E-state index in [0.29, 0.717) is 11.3 Å². The predicted molar refractivity (Wildman–Crippen MR) is 94.2 cm³/mol. The van der Waals surface area contributed by atoms with Gasteiger partial charge in [-0.15, -0.1) is 0 Å². The molecule has 0 spiro atoms. The third-order valence-corrected chi connectivity index (χ3v) is 4.50. The summed E-state index contributed by atoms with van der Waals surface area (Å²) in [7, 11) is 1.40. The van der Waals surface area contributed by atoms with E-state index in [-0.39, 0.29) is 16.3 Å². The number of hydrogen-bond acceptors (Lipinski definition) is 5. The Morgan fingerprint density at radius 3 is 2.57 bits per heavy atom. The second-order valence-electron chi connectivity index (χ2n) is 6.36. The highest BCUT2D eigenvalue weighted by molar-refractivity contribution is 6.06. The Morgan fingerprint density at radius 1 is 1.25 bits per heavy atom.